The first-order valence-corrected chi connectivity index (χ1v) is 50.9. The zero-order valence-electron chi connectivity index (χ0n) is 98.9. The van der Waals surface area contributed by atoms with Gasteiger partial charge in [-0.2, -0.15) is 20.8 Å². The number of nitrogens with two attached hydrogens (primary N) is 4. The number of rotatable bonds is 23. The number of carbonyl (C=O) groups excluding carboxylic acids is 5. The van der Waals surface area contributed by atoms with Gasteiger partial charge in [0.15, 0.2) is 17.5 Å². The summed E-state index contributed by atoms with van der Waals surface area (Å²) in [5.74, 6) is 14.8. The van der Waals surface area contributed by atoms with E-state index in [1.165, 1.54) is 29.3 Å². The maximum absolute atomic E-state index is 11.0. The predicted octanol–water partition coefficient (Wildman–Crippen LogP) is 21.7. The number of aryl methyl sites for hydroxylation is 1. The van der Waals surface area contributed by atoms with Crippen molar-refractivity contribution in [3.8, 4) is 0 Å². The van der Waals surface area contributed by atoms with Crippen molar-refractivity contribution in [2.24, 2.45) is 132 Å². The predicted molar refractivity (Wildman–Crippen MR) is 596 cm³/mol. The lowest BCUT2D eigenvalue weighted by molar-refractivity contribution is -0.679. The molecule has 37 nitrogen and oxygen atoms in total. The van der Waals surface area contributed by atoms with Gasteiger partial charge in [-0.25, -0.2) is 14.5 Å². The maximum atomic E-state index is 11.0. The SMILES string of the molecule is CC(C)/C=C(\O)C(C)C.CC(C)C.CC(C)C.CC(C)C(N)=O.CC(C)C(N)=O.CC(C)C1=NN=NC1.CC(C)CC(=O)C(C)C.CC(C)N=C(N)C(C)C.CC(C)N=C(N)C(C)C.CC(C)NC(=O)C(C)C.CC(C)NC(=O)C(C)C.CC(C)c1c[n+](C)c(C(C)C)[nH]1.CC(C)c1cnc(C(C)C)[nH]1.CC(C)c1nn[nH]n1.CC(C)c1nn[nH]n1.CC(C)c1nn[nH]n1.O=c1cccc[nH]1.O=c1cccc[nH]1. The number of primary amides is 2. The van der Waals surface area contributed by atoms with E-state index in [9.17, 15) is 33.6 Å². The molecule has 0 aromatic carbocycles. The zero-order valence-corrected chi connectivity index (χ0v) is 98.9. The lowest BCUT2D eigenvalue weighted by Gasteiger charge is -2.09. The van der Waals surface area contributed by atoms with Crippen LogP contribution in [0.15, 0.2) is 108 Å². The van der Waals surface area contributed by atoms with Crippen LogP contribution in [-0.4, -0.2) is 169 Å². The van der Waals surface area contributed by atoms with E-state index in [0.29, 0.717) is 101 Å². The molecular formula is C106H210N29O8+. The molecule has 0 radical (unpaired) electrons. The summed E-state index contributed by atoms with van der Waals surface area (Å²) in [4.78, 5) is 97.2. The number of tetrazole rings is 3. The third kappa shape index (κ3) is 108. The van der Waals surface area contributed by atoms with Gasteiger partial charge >= 0.3 is 0 Å². The van der Waals surface area contributed by atoms with Crippen LogP contribution >= 0.6 is 0 Å². The van der Waals surface area contributed by atoms with E-state index in [4.69, 9.17) is 28.0 Å². The van der Waals surface area contributed by atoms with Gasteiger partial charge in [0.25, 0.3) is 5.82 Å². The highest BCUT2D eigenvalue weighted by molar-refractivity contribution is 5.88. The fourth-order valence-electron chi connectivity index (χ4n) is 7.82. The molecule has 0 unspecified atom stereocenters. The molecule has 0 spiro atoms. The second-order valence-electron chi connectivity index (χ2n) is 41.9. The number of amidine groups is 2. The number of carbonyl (C=O) groups is 5. The van der Waals surface area contributed by atoms with Gasteiger partial charge in [0, 0.05) is 144 Å². The molecular weight excluding hydrogens is 1810 g/mol. The standard InChI is InChI=1S/C10H18N2.C9H16N2.2C8H16O.2C7H16N2.2C7H15NO.C5H9N3.2C5H5NO.3C4H8N4.2C4H9NO.2C4H10/c1-7(2)9-6-12(5)10(11-9)8(3)4;1-6(2)8-5-10-9(11-8)7(3)4;2*1-6(2)5-8(9)7(3)4;2*1-5(2)7(8)9-6(3)4;2*1-5(2)7(9)8-6(3)4;1-4(2)5-3-6-8-7-5;2*7-5-3-1-2-4-6-5;3*1-3(2)4-5-7-8-6-4;2*1-3(2)4(5)6;2*1-4(2)3/h6-8H,1-5H3;5-7H,1-4H3,(H,10,11);6-7H,5H2,1-4H3;5-7,9H,1-4H3;2*5-6H,1-4H3,(H2,8,9);2*5-6H,1-4H3,(H,8,9);4H,3H2,1-2H3;2*1-4H,(H,6,7);3*3H,1-2H3,(H,5,6,7,8);2*3H,1-2H3,(H2,5,6);2*4H,1-3H3/p+1/b;;;8-5-;;;;;;;;;;;;;;. The second kappa shape index (κ2) is 92.0. The number of hydrogen-bond donors (Lipinski definition) is 14. The van der Waals surface area contributed by atoms with Gasteiger partial charge in [0.1, 0.15) is 30.0 Å². The summed E-state index contributed by atoms with van der Waals surface area (Å²) in [6, 6.07) is 11.0. The van der Waals surface area contributed by atoms with Gasteiger partial charge in [-0.1, -0.05) is 319 Å². The van der Waals surface area contributed by atoms with Gasteiger partial charge < -0.3 is 53.6 Å². The van der Waals surface area contributed by atoms with Crippen LogP contribution in [0.4, 0.5) is 0 Å². The van der Waals surface area contributed by atoms with Crippen molar-refractivity contribution >= 4 is 46.8 Å². The van der Waals surface area contributed by atoms with E-state index in [2.05, 4.69) is 279 Å². The van der Waals surface area contributed by atoms with Crippen molar-refractivity contribution in [3.63, 3.8) is 0 Å². The normalized spacial score (nSPS) is 11.2. The van der Waals surface area contributed by atoms with Gasteiger partial charge in [-0.05, 0) is 114 Å². The minimum Gasteiger partial charge on any atom is -0.512 e. The number of amides is 4. The Morgan fingerprint density at radius 1 is 0.427 bits per heavy atom. The number of hydrogen-bond acceptors (Lipinski definition) is 23. The van der Waals surface area contributed by atoms with Gasteiger partial charge in [-0.3, -0.25) is 43.5 Å². The molecule has 8 heterocycles. The number of Topliss-reactive ketones (excluding diaryl/α,β-unsaturated/α-hetero) is 1. The number of ketones is 1. The molecule has 7 aromatic heterocycles. The number of aliphatic hydroxyl groups is 1. The fourth-order valence-corrected chi connectivity index (χ4v) is 7.82. The molecule has 1 aliphatic rings. The molecule has 143 heavy (non-hydrogen) atoms. The largest absolute Gasteiger partial charge is 0.512 e. The number of pyridine rings is 2. The maximum Gasteiger partial charge on any atom is 0.256 e. The van der Waals surface area contributed by atoms with Crippen molar-refractivity contribution in [2.75, 3.05) is 6.54 Å². The number of aliphatic imine (C=N–C) groups is 2. The quantitative estimate of drug-likeness (QED) is 0.0122. The molecule has 0 aliphatic carbocycles. The summed E-state index contributed by atoms with van der Waals surface area (Å²) in [6.45, 7) is 102. The summed E-state index contributed by atoms with van der Waals surface area (Å²) in [5, 5.41) is 65.8. The van der Waals surface area contributed by atoms with Gasteiger partial charge in [0.2, 0.25) is 34.7 Å². The summed E-state index contributed by atoms with van der Waals surface area (Å²) in [5.41, 5.74) is 24.3. The molecule has 0 fully saturated rings. The molecule has 0 saturated heterocycles. The first kappa shape index (κ1) is 152. The van der Waals surface area contributed by atoms with E-state index >= 15 is 0 Å². The summed E-state index contributed by atoms with van der Waals surface area (Å²) in [6.07, 6.45) is 9.92. The number of H-pyrrole nitrogens is 7. The molecule has 4 amide bonds. The van der Waals surface area contributed by atoms with Crippen molar-refractivity contribution in [3.05, 3.63) is 134 Å². The van der Waals surface area contributed by atoms with Crippen LogP contribution in [0.2, 0.25) is 0 Å². The minimum atomic E-state index is -0.241. The Kier molecular flexibility index (Phi) is 97.8. The molecule has 8 rings (SSSR count). The van der Waals surface area contributed by atoms with E-state index in [1.807, 2.05) is 192 Å². The van der Waals surface area contributed by atoms with Crippen molar-refractivity contribution in [1.82, 2.24) is 97.4 Å². The summed E-state index contributed by atoms with van der Waals surface area (Å²) < 4.78 is 2.18. The average Bonchev–Trinajstić information content (AvgIpc) is 1.71. The Balaban J connectivity index is -0.000000164. The van der Waals surface area contributed by atoms with Crippen molar-refractivity contribution < 1.29 is 33.6 Å². The number of nitrogens with one attached hydrogen (secondary N) is 9. The third-order valence-electron chi connectivity index (χ3n) is 16.5. The first-order chi connectivity index (χ1) is 65.6. The van der Waals surface area contributed by atoms with E-state index in [0.717, 1.165) is 58.9 Å². The van der Waals surface area contributed by atoms with Crippen LogP contribution in [0, 0.1) is 76.9 Å². The topological polar surface area (TPSA) is 573 Å². The number of nitrogens with zero attached hydrogens (tertiary/aromatic N) is 16. The Labute approximate surface area is 864 Å². The van der Waals surface area contributed by atoms with Crippen LogP contribution in [0.5, 0.6) is 0 Å². The molecule has 7 aromatic rings. The van der Waals surface area contributed by atoms with E-state index in [1.54, 1.807) is 64.4 Å². The highest BCUT2D eigenvalue weighted by Crippen LogP contribution is 2.17. The fraction of sp³-hybridized carbons (Fsp3) is 0.726. The van der Waals surface area contributed by atoms with E-state index < -0.39 is 0 Å². The average molecular weight is 2020 g/mol. The lowest BCUT2D eigenvalue weighted by atomic mass is 9.99. The molecule has 37 heteroatoms. The Morgan fingerprint density at radius 3 is 0.874 bits per heavy atom. The highest BCUT2D eigenvalue weighted by atomic mass is 16.3. The van der Waals surface area contributed by atoms with Gasteiger partial charge in [0.05, 0.1) is 36.1 Å². The smallest absolute Gasteiger partial charge is 0.256 e. The molecule has 18 N–H and O–H groups in total. The number of aromatic nitrogens is 18. The number of imidazole rings is 2. The van der Waals surface area contributed by atoms with Crippen LogP contribution in [-0.2, 0) is 31.0 Å². The van der Waals surface area contributed by atoms with E-state index in [-0.39, 0.29) is 82.3 Å². The van der Waals surface area contributed by atoms with Crippen LogP contribution < -0.4 is 49.3 Å². The molecule has 0 bridgehead atoms. The molecule has 1 aliphatic heterocycles. The minimum absolute atomic E-state index is 0.00926. The highest BCUT2D eigenvalue weighted by Gasteiger charge is 2.18. The Bertz CT molecular complexity index is 4060. The third-order valence-corrected chi connectivity index (χ3v) is 16.5. The zero-order chi connectivity index (χ0) is 114. The second-order valence-corrected chi connectivity index (χ2v) is 41.9. The Hall–Kier alpha value is -11.2. The summed E-state index contributed by atoms with van der Waals surface area (Å²) >= 11 is 0. The molecule has 0 saturated carbocycles. The van der Waals surface area contributed by atoms with Crippen LogP contribution in [0.3, 0.4) is 0 Å². The van der Waals surface area contributed by atoms with Crippen molar-refractivity contribution in [1.29, 1.82) is 0 Å². The number of aliphatic hydroxyl groups excluding tert-OH is 1. The monoisotopic (exact) mass is 2020 g/mol. The number of allylic oxidation sites excluding steroid dienone is 2. The lowest BCUT2D eigenvalue weighted by Crippen LogP contribution is -2.33. The number of aromatic amines is 7. The summed E-state index contributed by atoms with van der Waals surface area (Å²) in [7, 11) is 2.09. The van der Waals surface area contributed by atoms with Crippen LogP contribution in [0.25, 0.3) is 0 Å². The Morgan fingerprint density at radius 2 is 0.762 bits per heavy atom. The molecule has 0 atom stereocenters. The first-order valence-electron chi connectivity index (χ1n) is 50.9. The van der Waals surface area contributed by atoms with Crippen LogP contribution in [0.1, 0.15) is 435 Å². The van der Waals surface area contributed by atoms with Gasteiger partial charge in [-0.15, -0.1) is 35.7 Å². The molecule has 826 valence electrons. The van der Waals surface area contributed by atoms with Crippen molar-refractivity contribution in [2.45, 2.75) is 418 Å².